The fraction of sp³-hybridized carbons (Fsp3) is 0.182. The smallest absolute Gasteiger partial charge is 0.320 e. The molecule has 0 saturated heterocycles. The van der Waals surface area contributed by atoms with Gasteiger partial charge in [-0.15, -0.1) is 0 Å². The molecule has 0 fully saturated rings. The predicted octanol–water partition coefficient (Wildman–Crippen LogP) is 2.60. The Bertz CT molecular complexity index is 1370. The predicted molar refractivity (Wildman–Crippen MR) is 110 cm³/mol. The van der Waals surface area contributed by atoms with Crippen molar-refractivity contribution < 1.29 is 0 Å². The van der Waals surface area contributed by atoms with Gasteiger partial charge in [0, 0.05) is 6.54 Å². The third-order valence-electron chi connectivity index (χ3n) is 4.99. The van der Waals surface area contributed by atoms with Crippen LogP contribution >= 0.6 is 0 Å². The summed E-state index contributed by atoms with van der Waals surface area (Å²) in [5, 5.41) is 9.36. The summed E-state index contributed by atoms with van der Waals surface area (Å²) in [5.74, 6) is 0. The van der Waals surface area contributed by atoms with Gasteiger partial charge >= 0.3 is 5.69 Å². The number of aryl methyl sites for hydroxylation is 1. The van der Waals surface area contributed by atoms with Gasteiger partial charge in [-0.1, -0.05) is 35.9 Å². The first-order chi connectivity index (χ1) is 14.0. The fourth-order valence-electron chi connectivity index (χ4n) is 3.46. The summed E-state index contributed by atoms with van der Waals surface area (Å²) in [6.45, 7) is 4.29. The molecule has 2 aromatic carbocycles. The Kier molecular flexibility index (Phi) is 4.61. The Morgan fingerprint density at radius 1 is 1.07 bits per heavy atom. The van der Waals surface area contributed by atoms with E-state index in [9.17, 15) is 14.9 Å². The molecule has 0 N–H and O–H groups in total. The van der Waals surface area contributed by atoms with Crippen molar-refractivity contribution in [3.05, 3.63) is 92.4 Å². The van der Waals surface area contributed by atoms with Gasteiger partial charge in [-0.25, -0.2) is 14.3 Å². The average Bonchev–Trinajstić information content (AvgIpc) is 3.13. The van der Waals surface area contributed by atoms with Gasteiger partial charge in [0.15, 0.2) is 11.2 Å². The molecule has 4 aromatic rings. The SMILES string of the molecule is CCn1c(=O)c2c(ncn2Cc2ccccc2C#N)n(-c2ccc(C)cc2)c1=O. The van der Waals surface area contributed by atoms with Gasteiger partial charge in [0.1, 0.15) is 0 Å². The first-order valence-corrected chi connectivity index (χ1v) is 9.31. The molecule has 0 aliphatic heterocycles. The lowest BCUT2D eigenvalue weighted by molar-refractivity contribution is 0.655. The van der Waals surface area contributed by atoms with Crippen LogP contribution in [0.25, 0.3) is 16.9 Å². The maximum Gasteiger partial charge on any atom is 0.337 e. The molecule has 7 heteroatoms. The van der Waals surface area contributed by atoms with E-state index in [1.54, 1.807) is 30.0 Å². The molecule has 144 valence electrons. The zero-order valence-electron chi connectivity index (χ0n) is 16.2. The van der Waals surface area contributed by atoms with Gasteiger partial charge in [0.05, 0.1) is 30.2 Å². The second-order valence-electron chi connectivity index (χ2n) is 6.82. The van der Waals surface area contributed by atoms with Crippen molar-refractivity contribution in [1.29, 1.82) is 5.26 Å². The summed E-state index contributed by atoms with van der Waals surface area (Å²) in [6.07, 6.45) is 1.55. The number of fused-ring (bicyclic) bond motifs is 1. The molecule has 4 rings (SSSR count). The third-order valence-corrected chi connectivity index (χ3v) is 4.99. The Morgan fingerprint density at radius 2 is 1.79 bits per heavy atom. The number of rotatable bonds is 4. The van der Waals surface area contributed by atoms with Crippen LogP contribution in [0.1, 0.15) is 23.6 Å². The Hall–Kier alpha value is -3.92. The van der Waals surface area contributed by atoms with Gasteiger partial charge in [-0.2, -0.15) is 5.26 Å². The molecule has 7 nitrogen and oxygen atoms in total. The molecule has 0 unspecified atom stereocenters. The zero-order valence-corrected chi connectivity index (χ0v) is 16.2. The number of hydrogen-bond acceptors (Lipinski definition) is 4. The molecule has 0 spiro atoms. The van der Waals surface area contributed by atoms with Crippen molar-refractivity contribution in [2.75, 3.05) is 0 Å². The standard InChI is InChI=1S/C22H19N5O2/c1-3-26-21(28)19-20(27(22(26)29)18-10-8-15(2)9-11-18)24-14-25(19)13-17-7-5-4-6-16(17)12-23/h4-11,14H,3,13H2,1-2H3. The lowest BCUT2D eigenvalue weighted by Gasteiger charge is -2.12. The largest absolute Gasteiger partial charge is 0.337 e. The van der Waals surface area contributed by atoms with E-state index in [1.807, 2.05) is 43.3 Å². The van der Waals surface area contributed by atoms with Crippen molar-refractivity contribution in [3.63, 3.8) is 0 Å². The third kappa shape index (κ3) is 3.05. The number of nitrogens with zero attached hydrogens (tertiary/aromatic N) is 5. The molecule has 2 aromatic heterocycles. The minimum Gasteiger partial charge on any atom is -0.320 e. The second-order valence-corrected chi connectivity index (χ2v) is 6.82. The molecule has 0 aliphatic carbocycles. The van der Waals surface area contributed by atoms with Crippen LogP contribution in [0, 0.1) is 18.3 Å². The quantitative estimate of drug-likeness (QED) is 0.540. The number of nitriles is 1. The topological polar surface area (TPSA) is 85.6 Å². The van der Waals surface area contributed by atoms with Crippen LogP contribution in [0.15, 0.2) is 64.4 Å². The van der Waals surface area contributed by atoms with E-state index < -0.39 is 5.69 Å². The monoisotopic (exact) mass is 385 g/mol. The molecule has 0 aliphatic rings. The molecular formula is C22H19N5O2. The first-order valence-electron chi connectivity index (χ1n) is 9.31. The maximum absolute atomic E-state index is 13.1. The van der Waals surface area contributed by atoms with Crippen LogP contribution in [0.4, 0.5) is 0 Å². The van der Waals surface area contributed by atoms with Crippen molar-refractivity contribution in [1.82, 2.24) is 18.7 Å². The van der Waals surface area contributed by atoms with E-state index in [1.165, 1.54) is 9.13 Å². The van der Waals surface area contributed by atoms with E-state index in [0.717, 1.165) is 11.1 Å². The fourth-order valence-corrected chi connectivity index (χ4v) is 3.46. The molecule has 29 heavy (non-hydrogen) atoms. The molecule has 0 bridgehead atoms. The molecule has 2 heterocycles. The van der Waals surface area contributed by atoms with E-state index in [2.05, 4.69) is 11.1 Å². The van der Waals surface area contributed by atoms with E-state index in [0.29, 0.717) is 29.0 Å². The van der Waals surface area contributed by atoms with Crippen LogP contribution < -0.4 is 11.2 Å². The molecule has 0 atom stereocenters. The summed E-state index contributed by atoms with van der Waals surface area (Å²) < 4.78 is 4.37. The lowest BCUT2D eigenvalue weighted by atomic mass is 10.1. The maximum atomic E-state index is 13.1. The first kappa shape index (κ1) is 18.4. The van der Waals surface area contributed by atoms with Gasteiger partial charge < -0.3 is 4.57 Å². The molecular weight excluding hydrogens is 366 g/mol. The highest BCUT2D eigenvalue weighted by molar-refractivity contribution is 5.72. The summed E-state index contributed by atoms with van der Waals surface area (Å²) >= 11 is 0. The number of imidazole rings is 1. The van der Waals surface area contributed by atoms with E-state index in [4.69, 9.17) is 0 Å². The molecule has 0 radical (unpaired) electrons. The Labute approximate surface area is 166 Å². The van der Waals surface area contributed by atoms with Crippen LogP contribution in [0.5, 0.6) is 0 Å². The van der Waals surface area contributed by atoms with E-state index in [-0.39, 0.29) is 12.1 Å². The van der Waals surface area contributed by atoms with Gasteiger partial charge in [0.25, 0.3) is 5.56 Å². The minimum atomic E-state index is -0.420. The van der Waals surface area contributed by atoms with Crippen molar-refractivity contribution >= 4 is 11.2 Å². The summed E-state index contributed by atoms with van der Waals surface area (Å²) in [4.78, 5) is 30.5. The van der Waals surface area contributed by atoms with Crippen LogP contribution in [-0.2, 0) is 13.1 Å². The summed E-state index contributed by atoms with van der Waals surface area (Å²) in [5.41, 5.74) is 2.87. The Morgan fingerprint density at radius 3 is 2.48 bits per heavy atom. The second kappa shape index (κ2) is 7.24. The number of aromatic nitrogens is 4. The van der Waals surface area contributed by atoms with Gasteiger partial charge in [-0.3, -0.25) is 9.36 Å². The normalized spacial score (nSPS) is 10.9. The van der Waals surface area contributed by atoms with Gasteiger partial charge in [-0.05, 0) is 37.6 Å². The van der Waals surface area contributed by atoms with E-state index >= 15 is 0 Å². The highest BCUT2D eigenvalue weighted by Crippen LogP contribution is 2.16. The van der Waals surface area contributed by atoms with Crippen molar-refractivity contribution in [2.24, 2.45) is 0 Å². The lowest BCUT2D eigenvalue weighted by Crippen LogP contribution is -2.39. The zero-order chi connectivity index (χ0) is 20.5. The van der Waals surface area contributed by atoms with Crippen molar-refractivity contribution in [2.45, 2.75) is 26.9 Å². The highest BCUT2D eigenvalue weighted by Gasteiger charge is 2.19. The van der Waals surface area contributed by atoms with Crippen LogP contribution in [-0.4, -0.2) is 18.7 Å². The summed E-state index contributed by atoms with van der Waals surface area (Å²) in [7, 11) is 0. The van der Waals surface area contributed by atoms with Crippen LogP contribution in [0.2, 0.25) is 0 Å². The number of hydrogen-bond donors (Lipinski definition) is 0. The van der Waals surface area contributed by atoms with Crippen molar-refractivity contribution in [3.8, 4) is 11.8 Å². The molecule has 0 amide bonds. The summed E-state index contributed by atoms with van der Waals surface area (Å²) in [6, 6.07) is 16.9. The van der Waals surface area contributed by atoms with Crippen LogP contribution in [0.3, 0.4) is 0 Å². The molecule has 0 saturated carbocycles. The number of benzene rings is 2. The highest BCUT2D eigenvalue weighted by atomic mass is 16.2. The minimum absolute atomic E-state index is 0.249. The average molecular weight is 385 g/mol. The Balaban J connectivity index is 2.00. The van der Waals surface area contributed by atoms with Gasteiger partial charge in [0.2, 0.25) is 0 Å².